The molecule has 0 aliphatic heterocycles. The topological polar surface area (TPSA) is 91.7 Å². The molecule has 1 unspecified atom stereocenters. The van der Waals surface area contributed by atoms with Crippen molar-refractivity contribution in [2.75, 3.05) is 5.73 Å². The van der Waals surface area contributed by atoms with Crippen LogP contribution < -0.4 is 10.5 Å². The molecule has 0 saturated carbocycles. The Kier molecular flexibility index (Phi) is 4.01. The smallest absolute Gasteiger partial charge is 0.191 e. The monoisotopic (exact) mass is 461 g/mol. The normalized spacial score (nSPS) is 14.3. The third-order valence-corrected chi connectivity index (χ3v) is 4.97. The quantitative estimate of drug-likeness (QED) is 0.478. The van der Waals surface area contributed by atoms with E-state index in [0.717, 1.165) is 22.1 Å². The van der Waals surface area contributed by atoms with Crippen molar-refractivity contribution in [1.29, 1.82) is 0 Å². The van der Waals surface area contributed by atoms with Crippen LogP contribution in [0.25, 0.3) is 22.0 Å². The molecule has 2 heterocycles. The first-order valence-electron chi connectivity index (χ1n) is 9.72. The first-order chi connectivity index (χ1) is 14.6. The first-order valence-corrected chi connectivity index (χ1v) is 9.39. The van der Waals surface area contributed by atoms with E-state index in [1.807, 2.05) is 24.3 Å². The van der Waals surface area contributed by atoms with Gasteiger partial charge in [-0.05, 0) is 46.6 Å². The summed E-state index contributed by atoms with van der Waals surface area (Å²) in [4.78, 5) is 12.6. The van der Waals surface area contributed by atoms with E-state index in [-0.39, 0.29) is 11.6 Å². The summed E-state index contributed by atoms with van der Waals surface area (Å²) in [5.41, 5.74) is 8.43. The van der Waals surface area contributed by atoms with Gasteiger partial charge in [0.25, 0.3) is 0 Å². The maximum Gasteiger partial charge on any atom is 0.191 e. The number of hydrogen-bond donors (Lipinski definition) is 1. The van der Waals surface area contributed by atoms with E-state index in [0.29, 0.717) is 26.1 Å². The van der Waals surface area contributed by atoms with E-state index in [1.165, 1.54) is 6.33 Å². The lowest BCUT2D eigenvalue weighted by Crippen LogP contribution is -2.08. The molecule has 0 aliphatic carbocycles. The Morgan fingerprint density at radius 2 is 2.14 bits per heavy atom. The number of anilines is 1. The van der Waals surface area contributed by atoms with Crippen LogP contribution >= 0.6 is 27.5 Å². The second-order valence-electron chi connectivity index (χ2n) is 6.04. The van der Waals surface area contributed by atoms with Crippen LogP contribution in [0.2, 0.25) is 5.02 Å². The lowest BCUT2D eigenvalue weighted by atomic mass is 10.0. The molecule has 0 amide bonds. The second kappa shape index (κ2) is 7.37. The van der Waals surface area contributed by atoms with Gasteiger partial charge in [-0.25, -0.2) is 15.0 Å². The molecule has 0 bridgehead atoms. The Labute approximate surface area is 178 Å². The van der Waals surface area contributed by atoms with Crippen molar-refractivity contribution in [2.45, 2.75) is 13.0 Å². The summed E-state index contributed by atoms with van der Waals surface area (Å²) in [5.74, 6) is 0.847. The molecule has 0 fully saturated rings. The lowest BCUT2D eigenvalue weighted by Gasteiger charge is -2.18. The molecule has 2 aromatic carbocycles. The summed E-state index contributed by atoms with van der Waals surface area (Å²) < 4.78 is 29.9. The van der Waals surface area contributed by atoms with Crippen LogP contribution in [0.3, 0.4) is 0 Å². The molecule has 7 nitrogen and oxygen atoms in total. The highest BCUT2D eigenvalue weighted by Crippen LogP contribution is 2.43. The molecule has 0 saturated heterocycles. The van der Waals surface area contributed by atoms with Gasteiger partial charge in [0.1, 0.15) is 24.2 Å². The van der Waals surface area contributed by atoms with Crippen molar-refractivity contribution in [3.63, 3.8) is 0 Å². The second-order valence-corrected chi connectivity index (χ2v) is 7.33. The van der Waals surface area contributed by atoms with Crippen LogP contribution in [0, 0.1) is 0 Å². The van der Waals surface area contributed by atoms with Gasteiger partial charge >= 0.3 is 0 Å². The molecule has 2 N–H and O–H groups in total. The average molecular weight is 463 g/mol. The number of halogens is 2. The number of aryl methyl sites for hydroxylation is 1. The number of benzene rings is 2. The number of nitrogen functional groups attached to an aromatic ring is 1. The minimum atomic E-state index is -2.42. The van der Waals surface area contributed by atoms with E-state index < -0.39 is 13.1 Å². The van der Waals surface area contributed by atoms with Gasteiger partial charge in [-0.15, -0.1) is 0 Å². The number of rotatable bonds is 4. The molecule has 2 aromatic heterocycles. The average Bonchev–Trinajstić information content (AvgIpc) is 3.21. The SMILES string of the molecule is [2H]C([2H])([2H])n1cnc(C(C)Oc2c(Br)cc(-c3cccc(Cl)c3)c3ncnc(N)c23)n1. The van der Waals surface area contributed by atoms with Gasteiger partial charge in [0, 0.05) is 21.7 Å². The van der Waals surface area contributed by atoms with E-state index in [4.69, 9.17) is 26.2 Å². The molecule has 28 heavy (non-hydrogen) atoms. The van der Waals surface area contributed by atoms with Crippen molar-refractivity contribution in [3.8, 4) is 16.9 Å². The highest BCUT2D eigenvalue weighted by molar-refractivity contribution is 9.10. The summed E-state index contributed by atoms with van der Waals surface area (Å²) in [6.07, 6.45) is 1.86. The van der Waals surface area contributed by atoms with E-state index >= 15 is 0 Å². The van der Waals surface area contributed by atoms with Crippen molar-refractivity contribution in [2.24, 2.45) is 6.98 Å². The van der Waals surface area contributed by atoms with Crippen LogP contribution in [0.1, 0.15) is 23.0 Å². The Morgan fingerprint density at radius 1 is 1.29 bits per heavy atom. The van der Waals surface area contributed by atoms with Crippen LogP contribution in [-0.4, -0.2) is 24.7 Å². The summed E-state index contributed by atoms with van der Waals surface area (Å²) in [6.45, 7) is -0.711. The Morgan fingerprint density at radius 3 is 2.89 bits per heavy atom. The van der Waals surface area contributed by atoms with Crippen LogP contribution in [0.5, 0.6) is 5.75 Å². The zero-order valence-electron chi connectivity index (χ0n) is 17.6. The molecule has 142 valence electrons. The Balaban J connectivity index is 1.81. The molecule has 9 heteroatoms. The third-order valence-electron chi connectivity index (χ3n) is 4.15. The van der Waals surface area contributed by atoms with Gasteiger partial charge in [-0.2, -0.15) is 5.10 Å². The van der Waals surface area contributed by atoms with Gasteiger partial charge in [0.2, 0.25) is 0 Å². The molecule has 0 spiro atoms. The number of aromatic nitrogens is 5. The highest BCUT2D eigenvalue weighted by atomic mass is 79.9. The Hall–Kier alpha value is -2.71. The fourth-order valence-electron chi connectivity index (χ4n) is 2.89. The molecule has 1 atom stereocenters. The molecule has 0 aliphatic rings. The zero-order chi connectivity index (χ0) is 22.3. The summed E-state index contributed by atoms with van der Waals surface area (Å²) in [6, 6.07) is 9.24. The van der Waals surface area contributed by atoms with E-state index in [2.05, 4.69) is 36.0 Å². The summed E-state index contributed by atoms with van der Waals surface area (Å²) in [5, 5.41) is 5.11. The molecule has 4 rings (SSSR count). The van der Waals surface area contributed by atoms with Gasteiger partial charge in [-0.1, -0.05) is 23.7 Å². The number of ether oxygens (including phenoxy) is 1. The maximum atomic E-state index is 7.44. The minimum absolute atomic E-state index is 0.213. The molecule has 4 aromatic rings. The van der Waals surface area contributed by atoms with E-state index in [9.17, 15) is 0 Å². The zero-order valence-corrected chi connectivity index (χ0v) is 16.9. The van der Waals surface area contributed by atoms with Gasteiger partial charge in [0.15, 0.2) is 11.9 Å². The fraction of sp³-hybridized carbons (Fsp3) is 0.158. The maximum absolute atomic E-state index is 7.44. The van der Waals surface area contributed by atoms with Gasteiger partial charge in [-0.3, -0.25) is 4.68 Å². The van der Waals surface area contributed by atoms with Crippen LogP contribution in [-0.2, 0) is 6.98 Å². The lowest BCUT2D eigenvalue weighted by molar-refractivity contribution is 0.217. The van der Waals surface area contributed by atoms with Crippen molar-refractivity contribution in [1.82, 2.24) is 24.7 Å². The van der Waals surface area contributed by atoms with E-state index in [1.54, 1.807) is 13.0 Å². The molecular formula is C19H16BrClN6O. The predicted molar refractivity (Wildman–Crippen MR) is 112 cm³/mol. The molecular weight excluding hydrogens is 444 g/mol. The van der Waals surface area contributed by atoms with Crippen LogP contribution in [0.4, 0.5) is 5.82 Å². The van der Waals surface area contributed by atoms with Crippen LogP contribution in [0.15, 0.2) is 47.5 Å². The van der Waals surface area contributed by atoms with Crippen molar-refractivity contribution < 1.29 is 8.85 Å². The van der Waals surface area contributed by atoms with Crippen molar-refractivity contribution in [3.05, 3.63) is 58.3 Å². The highest BCUT2D eigenvalue weighted by Gasteiger charge is 2.21. The predicted octanol–water partition coefficient (Wildman–Crippen LogP) is 4.56. The van der Waals surface area contributed by atoms with Crippen molar-refractivity contribution >= 4 is 44.3 Å². The first kappa shape index (κ1) is 15.2. The minimum Gasteiger partial charge on any atom is -0.481 e. The van der Waals surface area contributed by atoms with Gasteiger partial charge in [0.05, 0.1) is 15.4 Å². The largest absolute Gasteiger partial charge is 0.481 e. The standard InChI is InChI=1S/C19H16BrClN6O/c1-10(19-25-9-27(2)26-19)28-17-14(20)7-13(11-4-3-5-12(21)6-11)16-15(17)18(22)24-8-23-16/h3-10H,1-2H3,(H2,22,23,24)/i2D3. The number of nitrogens with zero attached hydrogens (tertiary/aromatic N) is 5. The molecule has 0 radical (unpaired) electrons. The van der Waals surface area contributed by atoms with Gasteiger partial charge < -0.3 is 10.5 Å². The number of nitrogens with two attached hydrogens (primary N) is 1. The third kappa shape index (κ3) is 3.41. The number of fused-ring (bicyclic) bond motifs is 1. The summed E-state index contributed by atoms with van der Waals surface area (Å²) >= 11 is 9.72. The fourth-order valence-corrected chi connectivity index (χ4v) is 3.60. The number of hydrogen-bond acceptors (Lipinski definition) is 6. The summed E-state index contributed by atoms with van der Waals surface area (Å²) in [7, 11) is 0. The Bertz CT molecular complexity index is 1280.